The minimum atomic E-state index is -0.339. The Kier molecular flexibility index (Phi) is 3.15. The third-order valence-electron chi connectivity index (χ3n) is 4.41. The van der Waals surface area contributed by atoms with Crippen LogP contribution in [0, 0.1) is 5.82 Å². The summed E-state index contributed by atoms with van der Waals surface area (Å²) in [5.41, 5.74) is 4.80. The van der Waals surface area contributed by atoms with Crippen LogP contribution in [-0.4, -0.2) is 22.0 Å². The van der Waals surface area contributed by atoms with E-state index in [0.717, 1.165) is 24.1 Å². The molecular weight excluding hydrogens is 293 g/mol. The van der Waals surface area contributed by atoms with E-state index in [0.29, 0.717) is 5.56 Å². The number of rotatable bonds is 3. The molecule has 0 fully saturated rings. The predicted octanol–water partition coefficient (Wildman–Crippen LogP) is 2.55. The highest BCUT2D eigenvalue weighted by molar-refractivity contribution is 5.96. The summed E-state index contributed by atoms with van der Waals surface area (Å²) in [6.45, 7) is 1.09. The Bertz CT molecular complexity index is 980. The zero-order valence-electron chi connectivity index (χ0n) is 12.8. The first kappa shape index (κ1) is 13.9. The molecule has 0 amide bonds. The Morgan fingerprint density at radius 2 is 2.00 bits per heavy atom. The number of Topliss-reactive ketones (excluding diaryl/α,β-unsaturated/α-hetero) is 1. The van der Waals surface area contributed by atoms with Gasteiger partial charge in [-0.3, -0.25) is 9.79 Å². The molecular formula is C18H16FN3O. The number of carbonyl (C=O) groups is 1. The van der Waals surface area contributed by atoms with Crippen molar-refractivity contribution in [3.63, 3.8) is 0 Å². The van der Waals surface area contributed by atoms with E-state index in [9.17, 15) is 9.18 Å². The first-order valence-electron chi connectivity index (χ1n) is 7.61. The van der Waals surface area contributed by atoms with Crippen molar-refractivity contribution >= 4 is 16.8 Å². The number of hydrogen-bond donors (Lipinski definition) is 0. The molecule has 23 heavy (non-hydrogen) atoms. The van der Waals surface area contributed by atoms with Crippen molar-refractivity contribution < 1.29 is 9.18 Å². The van der Waals surface area contributed by atoms with Crippen LogP contribution in [0.5, 0.6) is 0 Å². The fourth-order valence-corrected chi connectivity index (χ4v) is 3.37. The lowest BCUT2D eigenvalue weighted by molar-refractivity contribution is 0.0971. The second kappa shape index (κ2) is 5.19. The van der Waals surface area contributed by atoms with Crippen molar-refractivity contribution in [1.29, 1.82) is 0 Å². The molecule has 0 saturated heterocycles. The third-order valence-corrected chi connectivity index (χ3v) is 4.41. The summed E-state index contributed by atoms with van der Waals surface area (Å²) in [5, 5.41) is 0. The molecule has 4 rings (SSSR count). The third kappa shape index (κ3) is 2.11. The summed E-state index contributed by atoms with van der Waals surface area (Å²) in [7, 11) is 1.74. The van der Waals surface area contributed by atoms with Crippen molar-refractivity contribution in [3.05, 3.63) is 65.0 Å². The molecule has 3 aromatic rings. The SMILES string of the molecule is C/N=c1/n(CC(=O)c2ccc(F)cc2)c2cccc3c2n1CC3. The van der Waals surface area contributed by atoms with Crippen LogP contribution in [0.2, 0.25) is 0 Å². The van der Waals surface area contributed by atoms with E-state index < -0.39 is 0 Å². The quantitative estimate of drug-likeness (QED) is 0.685. The molecule has 0 bridgehead atoms. The number of carbonyl (C=O) groups excluding carboxylic acids is 1. The maximum absolute atomic E-state index is 13.0. The predicted molar refractivity (Wildman–Crippen MR) is 85.8 cm³/mol. The van der Waals surface area contributed by atoms with Crippen molar-refractivity contribution in [2.45, 2.75) is 19.5 Å². The number of imidazole rings is 1. The number of halogens is 1. The fourth-order valence-electron chi connectivity index (χ4n) is 3.37. The van der Waals surface area contributed by atoms with Gasteiger partial charge in [0.15, 0.2) is 5.78 Å². The van der Waals surface area contributed by atoms with Gasteiger partial charge in [-0.1, -0.05) is 12.1 Å². The van der Waals surface area contributed by atoms with Crippen LogP contribution in [0.25, 0.3) is 11.0 Å². The van der Waals surface area contributed by atoms with Gasteiger partial charge in [0.25, 0.3) is 0 Å². The second-order valence-electron chi connectivity index (χ2n) is 5.73. The lowest BCUT2D eigenvalue weighted by atomic mass is 10.1. The molecule has 2 aromatic carbocycles. The molecule has 0 atom stereocenters. The molecule has 4 nitrogen and oxygen atoms in total. The maximum atomic E-state index is 13.0. The smallest absolute Gasteiger partial charge is 0.206 e. The topological polar surface area (TPSA) is 39.3 Å². The Labute approximate surface area is 132 Å². The van der Waals surface area contributed by atoms with E-state index in [-0.39, 0.29) is 18.1 Å². The highest BCUT2D eigenvalue weighted by Gasteiger charge is 2.21. The summed E-state index contributed by atoms with van der Waals surface area (Å²) in [4.78, 5) is 16.9. The van der Waals surface area contributed by atoms with E-state index in [1.54, 1.807) is 7.05 Å². The largest absolute Gasteiger partial charge is 0.310 e. The van der Waals surface area contributed by atoms with Gasteiger partial charge >= 0.3 is 0 Å². The average Bonchev–Trinajstić information content (AvgIpc) is 3.11. The number of nitrogens with zero attached hydrogens (tertiary/aromatic N) is 3. The van der Waals surface area contributed by atoms with Crippen molar-refractivity contribution in [2.75, 3.05) is 7.05 Å². The molecule has 0 aliphatic carbocycles. The monoisotopic (exact) mass is 309 g/mol. The first-order valence-corrected chi connectivity index (χ1v) is 7.61. The van der Waals surface area contributed by atoms with Crippen LogP contribution >= 0.6 is 0 Å². The minimum Gasteiger partial charge on any atom is -0.310 e. The molecule has 1 aliphatic rings. The van der Waals surface area contributed by atoms with Gasteiger partial charge in [-0.05, 0) is 42.3 Å². The van der Waals surface area contributed by atoms with Crippen LogP contribution in [0.1, 0.15) is 15.9 Å². The van der Waals surface area contributed by atoms with Gasteiger partial charge in [0.1, 0.15) is 5.82 Å². The van der Waals surface area contributed by atoms with Gasteiger partial charge < -0.3 is 9.13 Å². The molecule has 0 radical (unpaired) electrons. The number of aromatic nitrogens is 2. The van der Waals surface area contributed by atoms with Gasteiger partial charge in [0, 0.05) is 19.2 Å². The lowest BCUT2D eigenvalue weighted by Crippen LogP contribution is -2.28. The number of benzene rings is 2. The van der Waals surface area contributed by atoms with Crippen LogP contribution in [-0.2, 0) is 19.5 Å². The lowest BCUT2D eigenvalue weighted by Gasteiger charge is -2.06. The molecule has 2 heterocycles. The molecule has 1 aliphatic heterocycles. The average molecular weight is 309 g/mol. The molecule has 5 heteroatoms. The Balaban J connectivity index is 1.82. The number of ketones is 1. The summed E-state index contributed by atoms with van der Waals surface area (Å²) < 4.78 is 17.1. The minimum absolute atomic E-state index is 0.0510. The highest BCUT2D eigenvalue weighted by Crippen LogP contribution is 2.24. The van der Waals surface area contributed by atoms with E-state index in [1.165, 1.54) is 35.3 Å². The van der Waals surface area contributed by atoms with Crippen LogP contribution < -0.4 is 5.62 Å². The maximum Gasteiger partial charge on any atom is 0.206 e. The molecule has 1 aromatic heterocycles. The summed E-state index contributed by atoms with van der Waals surface area (Å²) in [6.07, 6.45) is 1.00. The van der Waals surface area contributed by atoms with Crippen LogP contribution in [0.3, 0.4) is 0 Å². The summed E-state index contributed by atoms with van der Waals surface area (Å²) in [5.74, 6) is -0.390. The Morgan fingerprint density at radius 1 is 1.22 bits per heavy atom. The van der Waals surface area contributed by atoms with E-state index in [1.807, 2.05) is 16.7 Å². The van der Waals surface area contributed by atoms with Crippen molar-refractivity contribution in [3.8, 4) is 0 Å². The van der Waals surface area contributed by atoms with Gasteiger partial charge in [-0.15, -0.1) is 0 Å². The van der Waals surface area contributed by atoms with E-state index >= 15 is 0 Å². The standard InChI is InChI=1S/C18H16FN3O/c1-20-18-21-10-9-13-3-2-4-15(17(13)21)22(18)11-16(23)12-5-7-14(19)8-6-12/h2-8H,9-11H2,1H3/b20-18+. The van der Waals surface area contributed by atoms with E-state index in [4.69, 9.17) is 0 Å². The zero-order chi connectivity index (χ0) is 16.0. The Hall–Kier alpha value is -2.69. The normalized spacial score (nSPS) is 13.9. The molecule has 0 unspecified atom stereocenters. The summed E-state index contributed by atoms with van der Waals surface area (Å²) >= 11 is 0. The number of para-hydroxylation sites is 1. The van der Waals surface area contributed by atoms with Crippen LogP contribution in [0.4, 0.5) is 4.39 Å². The summed E-state index contributed by atoms with van der Waals surface area (Å²) in [6, 6.07) is 11.8. The highest BCUT2D eigenvalue weighted by atomic mass is 19.1. The van der Waals surface area contributed by atoms with E-state index in [2.05, 4.69) is 15.6 Å². The zero-order valence-corrected chi connectivity index (χ0v) is 12.8. The molecule has 116 valence electrons. The van der Waals surface area contributed by atoms with Gasteiger partial charge in [0.2, 0.25) is 5.62 Å². The number of hydrogen-bond acceptors (Lipinski definition) is 2. The van der Waals surface area contributed by atoms with Crippen molar-refractivity contribution in [1.82, 2.24) is 9.13 Å². The first-order chi connectivity index (χ1) is 11.2. The molecule has 0 N–H and O–H groups in total. The van der Waals surface area contributed by atoms with Crippen molar-refractivity contribution in [2.24, 2.45) is 4.99 Å². The Morgan fingerprint density at radius 3 is 2.74 bits per heavy atom. The van der Waals surface area contributed by atoms with Gasteiger partial charge in [-0.2, -0.15) is 0 Å². The molecule has 0 saturated carbocycles. The van der Waals surface area contributed by atoms with Gasteiger partial charge in [-0.25, -0.2) is 4.39 Å². The second-order valence-corrected chi connectivity index (χ2v) is 5.73. The van der Waals surface area contributed by atoms with Crippen LogP contribution in [0.15, 0.2) is 47.5 Å². The van der Waals surface area contributed by atoms with Gasteiger partial charge in [0.05, 0.1) is 17.6 Å². The molecule has 0 spiro atoms. The fraction of sp³-hybridized carbons (Fsp3) is 0.222. The number of aryl methyl sites for hydroxylation is 2.